The second kappa shape index (κ2) is 8.26. The second-order valence-electron chi connectivity index (χ2n) is 5.66. The van der Waals surface area contributed by atoms with Crippen LogP contribution in [-0.4, -0.2) is 39.6 Å². The van der Waals surface area contributed by atoms with Gasteiger partial charge in [-0.15, -0.1) is 0 Å². The Morgan fingerprint density at radius 3 is 2.11 bits per heavy atom. The Bertz CT molecular complexity index is 956. The molecule has 146 valence electrons. The van der Waals surface area contributed by atoms with Gasteiger partial charge in [0.1, 0.15) is 23.0 Å². The summed E-state index contributed by atoms with van der Waals surface area (Å²) in [6.07, 6.45) is 1.61. The van der Waals surface area contributed by atoms with Crippen molar-refractivity contribution in [3.8, 4) is 23.0 Å². The average molecular weight is 401 g/mol. The maximum absolute atomic E-state index is 13.0. The summed E-state index contributed by atoms with van der Waals surface area (Å²) in [6.45, 7) is 0. The minimum atomic E-state index is -0.441. The van der Waals surface area contributed by atoms with Crippen LogP contribution >= 0.6 is 11.8 Å². The highest BCUT2D eigenvalue weighted by molar-refractivity contribution is 8.19. The Labute approximate surface area is 166 Å². The third-order valence-corrected chi connectivity index (χ3v) is 5.01. The molecule has 0 aromatic heterocycles. The zero-order valence-corrected chi connectivity index (χ0v) is 16.7. The Balaban J connectivity index is 2.00. The molecule has 0 N–H and O–H groups in total. The topological polar surface area (TPSA) is 74.3 Å². The molecular weight excluding hydrogens is 382 g/mol. The number of thioether (sulfide) groups is 1. The van der Waals surface area contributed by atoms with Gasteiger partial charge in [-0.05, 0) is 48.2 Å². The predicted molar refractivity (Wildman–Crippen MR) is 108 cm³/mol. The van der Waals surface area contributed by atoms with Gasteiger partial charge in [-0.25, -0.2) is 4.90 Å². The minimum Gasteiger partial charge on any atom is -0.497 e. The van der Waals surface area contributed by atoms with E-state index >= 15 is 0 Å². The molecule has 28 heavy (non-hydrogen) atoms. The van der Waals surface area contributed by atoms with Crippen molar-refractivity contribution in [2.75, 3.05) is 33.3 Å². The molecule has 0 bridgehead atoms. The lowest BCUT2D eigenvalue weighted by atomic mass is 10.1. The van der Waals surface area contributed by atoms with Gasteiger partial charge in [0.2, 0.25) is 0 Å². The zero-order chi connectivity index (χ0) is 20.3. The number of ether oxygens (including phenoxy) is 4. The van der Waals surface area contributed by atoms with E-state index in [1.54, 1.807) is 49.6 Å². The first kappa shape index (κ1) is 19.6. The van der Waals surface area contributed by atoms with E-state index in [9.17, 15) is 9.59 Å². The highest BCUT2D eigenvalue weighted by Crippen LogP contribution is 2.41. The molecule has 2 aromatic rings. The molecule has 0 aliphatic carbocycles. The van der Waals surface area contributed by atoms with Crippen LogP contribution in [0.2, 0.25) is 0 Å². The smallest absolute Gasteiger partial charge is 0.298 e. The van der Waals surface area contributed by atoms with Gasteiger partial charge >= 0.3 is 0 Å². The van der Waals surface area contributed by atoms with E-state index < -0.39 is 11.1 Å². The summed E-state index contributed by atoms with van der Waals surface area (Å²) >= 11 is 0.849. The van der Waals surface area contributed by atoms with Crippen LogP contribution in [0, 0.1) is 0 Å². The Morgan fingerprint density at radius 2 is 1.46 bits per heavy atom. The quantitative estimate of drug-likeness (QED) is 0.678. The third-order valence-electron chi connectivity index (χ3n) is 4.14. The standard InChI is InChI=1S/C20H19NO6S/c1-24-13-6-8-16(26-3)12(9-13)10-18-19(22)21(20(23)28-18)15-7-5-14(25-2)11-17(15)27-4/h5-11H,1-4H3/b18-10-. The molecule has 1 saturated heterocycles. The van der Waals surface area contributed by atoms with Crippen molar-refractivity contribution in [1.82, 2.24) is 0 Å². The van der Waals surface area contributed by atoms with E-state index in [4.69, 9.17) is 18.9 Å². The molecule has 2 amide bonds. The van der Waals surface area contributed by atoms with Crippen LogP contribution in [0.4, 0.5) is 10.5 Å². The lowest BCUT2D eigenvalue weighted by Gasteiger charge is -2.17. The van der Waals surface area contributed by atoms with Crippen molar-refractivity contribution < 1.29 is 28.5 Å². The molecule has 0 atom stereocenters. The molecular formula is C20H19NO6S. The van der Waals surface area contributed by atoms with Crippen molar-refractivity contribution in [2.24, 2.45) is 0 Å². The van der Waals surface area contributed by atoms with Gasteiger partial charge in [0.25, 0.3) is 11.1 Å². The summed E-state index contributed by atoms with van der Waals surface area (Å²) in [5.41, 5.74) is 0.987. The average Bonchev–Trinajstić information content (AvgIpc) is 3.00. The first-order valence-electron chi connectivity index (χ1n) is 8.24. The maximum Gasteiger partial charge on any atom is 0.298 e. The van der Waals surface area contributed by atoms with E-state index in [-0.39, 0.29) is 4.91 Å². The van der Waals surface area contributed by atoms with Gasteiger partial charge in [-0.1, -0.05) is 0 Å². The number of methoxy groups -OCH3 is 4. The van der Waals surface area contributed by atoms with Crippen LogP contribution in [0.25, 0.3) is 6.08 Å². The van der Waals surface area contributed by atoms with Crippen molar-refractivity contribution in [3.63, 3.8) is 0 Å². The fraction of sp³-hybridized carbons (Fsp3) is 0.200. The van der Waals surface area contributed by atoms with E-state index in [0.717, 1.165) is 16.7 Å². The summed E-state index contributed by atoms with van der Waals surface area (Å²) in [7, 11) is 6.08. The largest absolute Gasteiger partial charge is 0.497 e. The number of benzene rings is 2. The molecule has 0 radical (unpaired) electrons. The van der Waals surface area contributed by atoms with Crippen molar-refractivity contribution >= 4 is 34.7 Å². The Kier molecular flexibility index (Phi) is 5.79. The van der Waals surface area contributed by atoms with Crippen molar-refractivity contribution in [3.05, 3.63) is 46.9 Å². The van der Waals surface area contributed by atoms with Gasteiger partial charge in [-0.3, -0.25) is 9.59 Å². The SMILES string of the molecule is COc1ccc(OC)c(/C=C2\SC(=O)N(c3ccc(OC)cc3OC)C2=O)c1. The monoisotopic (exact) mass is 401 g/mol. The van der Waals surface area contributed by atoms with E-state index in [1.165, 1.54) is 21.3 Å². The van der Waals surface area contributed by atoms with Gasteiger partial charge in [0, 0.05) is 11.6 Å². The number of imide groups is 1. The lowest BCUT2D eigenvalue weighted by molar-refractivity contribution is -0.113. The highest BCUT2D eigenvalue weighted by Gasteiger charge is 2.38. The molecule has 1 heterocycles. The van der Waals surface area contributed by atoms with Gasteiger partial charge in [-0.2, -0.15) is 0 Å². The van der Waals surface area contributed by atoms with E-state index in [0.29, 0.717) is 34.2 Å². The van der Waals surface area contributed by atoms with E-state index in [1.807, 2.05) is 0 Å². The lowest BCUT2D eigenvalue weighted by Crippen LogP contribution is -2.28. The summed E-state index contributed by atoms with van der Waals surface area (Å²) in [5.74, 6) is 1.66. The number of nitrogens with zero attached hydrogens (tertiary/aromatic N) is 1. The second-order valence-corrected chi connectivity index (χ2v) is 6.66. The first-order chi connectivity index (χ1) is 13.5. The molecule has 1 fully saturated rings. The minimum absolute atomic E-state index is 0.273. The van der Waals surface area contributed by atoms with Crippen LogP contribution < -0.4 is 23.8 Å². The molecule has 0 unspecified atom stereocenters. The fourth-order valence-corrected chi connectivity index (χ4v) is 3.56. The Morgan fingerprint density at radius 1 is 0.821 bits per heavy atom. The number of hydrogen-bond acceptors (Lipinski definition) is 7. The first-order valence-corrected chi connectivity index (χ1v) is 9.06. The number of amides is 2. The van der Waals surface area contributed by atoms with E-state index in [2.05, 4.69) is 0 Å². The number of carbonyl (C=O) groups excluding carboxylic acids is 2. The van der Waals surface area contributed by atoms with Crippen molar-refractivity contribution in [2.45, 2.75) is 0 Å². The molecule has 0 spiro atoms. The summed E-state index contributed by atoms with van der Waals surface area (Å²) in [5, 5.41) is -0.415. The Hall–Kier alpha value is -3.13. The van der Waals surface area contributed by atoms with Crippen LogP contribution in [0.15, 0.2) is 41.3 Å². The number of anilines is 1. The molecule has 3 rings (SSSR count). The summed E-state index contributed by atoms with van der Waals surface area (Å²) in [4.78, 5) is 26.9. The third kappa shape index (κ3) is 3.63. The molecule has 7 nitrogen and oxygen atoms in total. The van der Waals surface area contributed by atoms with Gasteiger partial charge in [0.05, 0.1) is 39.0 Å². The molecule has 0 saturated carbocycles. The van der Waals surface area contributed by atoms with Crippen LogP contribution in [0.5, 0.6) is 23.0 Å². The highest BCUT2D eigenvalue weighted by atomic mass is 32.2. The molecule has 1 aliphatic heterocycles. The number of hydrogen-bond donors (Lipinski definition) is 0. The molecule has 8 heteroatoms. The fourth-order valence-electron chi connectivity index (χ4n) is 2.74. The number of rotatable bonds is 6. The van der Waals surface area contributed by atoms with Gasteiger partial charge in [0.15, 0.2) is 0 Å². The maximum atomic E-state index is 13.0. The number of carbonyl (C=O) groups is 2. The molecule has 1 aliphatic rings. The van der Waals surface area contributed by atoms with Crippen LogP contribution in [0.1, 0.15) is 5.56 Å². The molecule has 2 aromatic carbocycles. The van der Waals surface area contributed by atoms with Gasteiger partial charge < -0.3 is 18.9 Å². The normalized spacial score (nSPS) is 15.1. The van der Waals surface area contributed by atoms with Crippen molar-refractivity contribution in [1.29, 1.82) is 0 Å². The summed E-state index contributed by atoms with van der Waals surface area (Å²) in [6, 6.07) is 10.1. The predicted octanol–water partition coefficient (Wildman–Crippen LogP) is 3.96. The summed E-state index contributed by atoms with van der Waals surface area (Å²) < 4.78 is 21.1. The zero-order valence-electron chi connectivity index (χ0n) is 15.8. The van der Waals surface area contributed by atoms with Crippen LogP contribution in [-0.2, 0) is 4.79 Å². The van der Waals surface area contributed by atoms with Crippen LogP contribution in [0.3, 0.4) is 0 Å².